The van der Waals surface area contributed by atoms with E-state index in [2.05, 4.69) is 21.3 Å². The van der Waals surface area contributed by atoms with Gasteiger partial charge in [-0.2, -0.15) is 0 Å². The van der Waals surface area contributed by atoms with E-state index in [9.17, 15) is 4.79 Å². The molecule has 0 aliphatic heterocycles. The molecule has 1 fully saturated rings. The lowest BCUT2D eigenvalue weighted by Crippen LogP contribution is -2.11. The highest BCUT2D eigenvalue weighted by Gasteiger charge is 2.30. The molecule has 2 N–H and O–H groups in total. The molecular weight excluding hydrogens is 236 g/mol. The van der Waals surface area contributed by atoms with Gasteiger partial charge in [0.1, 0.15) is 5.82 Å². The molecule has 17 heavy (non-hydrogen) atoms. The van der Waals surface area contributed by atoms with Gasteiger partial charge in [0, 0.05) is 24.6 Å². The summed E-state index contributed by atoms with van der Waals surface area (Å²) in [6.45, 7) is 4.47. The average molecular weight is 252 g/mol. The van der Waals surface area contributed by atoms with Gasteiger partial charge in [0.05, 0.1) is 0 Å². The molecule has 92 valence electrons. The van der Waals surface area contributed by atoms with Crippen LogP contribution in [0.25, 0.3) is 0 Å². The minimum absolute atomic E-state index is 0.283. The fraction of sp³-hybridized carbons (Fsp3) is 0.545. The van der Waals surface area contributed by atoms with Gasteiger partial charge in [0.2, 0.25) is 5.91 Å². The molecule has 0 unspecified atom stereocenters. The highest BCUT2D eigenvalue weighted by molar-refractivity contribution is 7.99. The van der Waals surface area contributed by atoms with E-state index in [0.29, 0.717) is 18.1 Å². The number of thioether (sulfide) groups is 1. The Bertz CT molecular complexity index is 425. The number of allylic oxidation sites excluding steroid dienone is 1. The third-order valence-electron chi connectivity index (χ3n) is 2.58. The molecular formula is C11H16N4OS. The zero-order valence-electron chi connectivity index (χ0n) is 9.63. The van der Waals surface area contributed by atoms with Crippen molar-refractivity contribution >= 4 is 17.7 Å². The number of carbonyl (C=O) groups excluding carboxylic acids is 1. The van der Waals surface area contributed by atoms with Crippen LogP contribution in [0.15, 0.2) is 17.8 Å². The van der Waals surface area contributed by atoms with Gasteiger partial charge >= 0.3 is 0 Å². The maximum Gasteiger partial charge on any atom is 0.218 e. The lowest BCUT2D eigenvalue weighted by Gasteiger charge is -2.06. The van der Waals surface area contributed by atoms with Crippen LogP contribution in [-0.2, 0) is 11.3 Å². The Morgan fingerprint density at radius 2 is 2.35 bits per heavy atom. The second-order valence-electron chi connectivity index (χ2n) is 4.08. The summed E-state index contributed by atoms with van der Waals surface area (Å²) in [6.07, 6.45) is 4.60. The maximum absolute atomic E-state index is 10.7. The first-order valence-corrected chi connectivity index (χ1v) is 6.66. The van der Waals surface area contributed by atoms with E-state index in [1.54, 1.807) is 0 Å². The molecule has 1 aliphatic rings. The van der Waals surface area contributed by atoms with Crippen molar-refractivity contribution in [2.75, 3.05) is 5.75 Å². The van der Waals surface area contributed by atoms with E-state index in [1.165, 1.54) is 24.6 Å². The summed E-state index contributed by atoms with van der Waals surface area (Å²) in [5, 5.41) is 9.25. The summed E-state index contributed by atoms with van der Waals surface area (Å²) in [4.78, 5) is 10.7. The fourth-order valence-corrected chi connectivity index (χ4v) is 2.50. The standard InChI is InChI=1S/C11H16N4OS/c1-2-6-15-10(8-3-4-8)13-14-11(15)17-7-5-9(12)16/h2,8H,1,3-7H2,(H2,12,16). The van der Waals surface area contributed by atoms with E-state index in [0.717, 1.165) is 17.5 Å². The van der Waals surface area contributed by atoms with Crippen molar-refractivity contribution in [3.8, 4) is 0 Å². The second kappa shape index (κ2) is 5.35. The van der Waals surface area contributed by atoms with E-state index >= 15 is 0 Å². The number of carbonyl (C=O) groups is 1. The number of aromatic nitrogens is 3. The third kappa shape index (κ3) is 3.09. The molecule has 1 heterocycles. The van der Waals surface area contributed by atoms with Gasteiger partial charge in [0.25, 0.3) is 0 Å². The van der Waals surface area contributed by atoms with Gasteiger partial charge in [-0.15, -0.1) is 16.8 Å². The first kappa shape index (κ1) is 12.2. The summed E-state index contributed by atoms with van der Waals surface area (Å²) in [6, 6.07) is 0. The van der Waals surface area contributed by atoms with Crippen LogP contribution in [0.3, 0.4) is 0 Å². The van der Waals surface area contributed by atoms with Crippen LogP contribution in [0.4, 0.5) is 0 Å². The summed E-state index contributed by atoms with van der Waals surface area (Å²) in [7, 11) is 0. The Kier molecular flexibility index (Phi) is 3.83. The van der Waals surface area contributed by atoms with Crippen molar-refractivity contribution in [2.45, 2.75) is 36.9 Å². The third-order valence-corrected chi connectivity index (χ3v) is 3.55. The minimum Gasteiger partial charge on any atom is -0.370 e. The van der Waals surface area contributed by atoms with Crippen molar-refractivity contribution in [2.24, 2.45) is 5.73 Å². The van der Waals surface area contributed by atoms with Crippen LogP contribution >= 0.6 is 11.8 Å². The molecule has 0 aromatic carbocycles. The van der Waals surface area contributed by atoms with Crippen LogP contribution < -0.4 is 5.73 Å². The van der Waals surface area contributed by atoms with Gasteiger partial charge in [-0.1, -0.05) is 17.8 Å². The first-order valence-electron chi connectivity index (χ1n) is 5.67. The maximum atomic E-state index is 10.7. The highest BCUT2D eigenvalue weighted by atomic mass is 32.2. The molecule has 5 nitrogen and oxygen atoms in total. The molecule has 1 aromatic rings. The molecule has 2 rings (SSSR count). The number of amides is 1. The number of rotatable bonds is 7. The quantitative estimate of drug-likeness (QED) is 0.586. The van der Waals surface area contributed by atoms with Crippen molar-refractivity contribution in [3.63, 3.8) is 0 Å². The first-order chi connectivity index (χ1) is 8.22. The summed E-state index contributed by atoms with van der Waals surface area (Å²) < 4.78 is 2.08. The van der Waals surface area contributed by atoms with Crippen LogP contribution in [0.2, 0.25) is 0 Å². The largest absolute Gasteiger partial charge is 0.370 e. The average Bonchev–Trinajstić information content (AvgIpc) is 3.04. The Morgan fingerprint density at radius 1 is 1.59 bits per heavy atom. The molecule has 1 amide bonds. The smallest absolute Gasteiger partial charge is 0.218 e. The number of nitrogens with two attached hydrogens (primary N) is 1. The topological polar surface area (TPSA) is 73.8 Å². The van der Waals surface area contributed by atoms with Gasteiger partial charge < -0.3 is 10.3 Å². The van der Waals surface area contributed by atoms with Gasteiger partial charge in [-0.05, 0) is 12.8 Å². The molecule has 0 atom stereocenters. The summed E-state index contributed by atoms with van der Waals surface area (Å²) in [5.74, 6) is 1.98. The van der Waals surface area contributed by atoms with Crippen LogP contribution in [0.5, 0.6) is 0 Å². The lowest BCUT2D eigenvalue weighted by atomic mass is 10.4. The van der Waals surface area contributed by atoms with E-state index in [1.807, 2.05) is 6.08 Å². The van der Waals surface area contributed by atoms with Crippen LogP contribution in [0.1, 0.15) is 31.0 Å². The van der Waals surface area contributed by atoms with E-state index < -0.39 is 0 Å². The SMILES string of the molecule is C=CCn1c(SCCC(N)=O)nnc1C1CC1. The van der Waals surface area contributed by atoms with Crippen molar-refractivity contribution in [3.05, 3.63) is 18.5 Å². The van der Waals surface area contributed by atoms with Crippen molar-refractivity contribution in [1.82, 2.24) is 14.8 Å². The van der Waals surface area contributed by atoms with Gasteiger partial charge in [0.15, 0.2) is 5.16 Å². The summed E-state index contributed by atoms with van der Waals surface area (Å²) in [5.41, 5.74) is 5.11. The predicted octanol–water partition coefficient (Wildman–Crippen LogP) is 1.31. The monoisotopic (exact) mass is 252 g/mol. The number of primary amides is 1. The molecule has 0 spiro atoms. The predicted molar refractivity (Wildman–Crippen MR) is 66.7 cm³/mol. The Hall–Kier alpha value is -1.30. The fourth-order valence-electron chi connectivity index (χ4n) is 1.59. The molecule has 1 saturated carbocycles. The second-order valence-corrected chi connectivity index (χ2v) is 5.14. The van der Waals surface area contributed by atoms with Crippen LogP contribution in [0, 0.1) is 0 Å². The van der Waals surface area contributed by atoms with Gasteiger partial charge in [-0.3, -0.25) is 4.79 Å². The van der Waals surface area contributed by atoms with Crippen LogP contribution in [-0.4, -0.2) is 26.4 Å². The zero-order valence-corrected chi connectivity index (χ0v) is 10.4. The Morgan fingerprint density at radius 3 is 2.94 bits per heavy atom. The molecule has 0 bridgehead atoms. The molecule has 6 heteroatoms. The highest BCUT2D eigenvalue weighted by Crippen LogP contribution is 2.40. The summed E-state index contributed by atoms with van der Waals surface area (Å²) >= 11 is 1.52. The Labute approximate surface area is 104 Å². The normalized spacial score (nSPS) is 14.8. The lowest BCUT2D eigenvalue weighted by molar-refractivity contribution is -0.117. The minimum atomic E-state index is -0.283. The van der Waals surface area contributed by atoms with E-state index in [-0.39, 0.29) is 5.91 Å². The number of hydrogen-bond acceptors (Lipinski definition) is 4. The molecule has 1 aliphatic carbocycles. The van der Waals surface area contributed by atoms with Gasteiger partial charge in [-0.25, -0.2) is 0 Å². The molecule has 0 saturated heterocycles. The van der Waals surface area contributed by atoms with Crippen molar-refractivity contribution in [1.29, 1.82) is 0 Å². The number of hydrogen-bond donors (Lipinski definition) is 1. The van der Waals surface area contributed by atoms with Crippen molar-refractivity contribution < 1.29 is 4.79 Å². The Balaban J connectivity index is 2.04. The number of nitrogens with zero attached hydrogens (tertiary/aromatic N) is 3. The molecule has 1 aromatic heterocycles. The van der Waals surface area contributed by atoms with E-state index in [4.69, 9.17) is 5.73 Å². The zero-order chi connectivity index (χ0) is 12.3. The molecule has 0 radical (unpaired) electrons.